The van der Waals surface area contributed by atoms with Crippen LogP contribution in [0.3, 0.4) is 0 Å². The fraction of sp³-hybridized carbons (Fsp3) is 0.263. The number of halogens is 1. The molecule has 0 aliphatic carbocycles. The SMILES string of the molecule is CCN(CC(=O)NCc1ccc(F)cc1)C(=O)c1ccc(CN)cc1. The number of nitrogens with two attached hydrogens (primary N) is 1. The lowest BCUT2D eigenvalue weighted by Crippen LogP contribution is -2.40. The van der Waals surface area contributed by atoms with Crippen molar-refractivity contribution < 1.29 is 14.0 Å². The Kier molecular flexibility index (Phi) is 6.65. The number of hydrogen-bond acceptors (Lipinski definition) is 3. The molecule has 0 saturated carbocycles. The molecule has 0 radical (unpaired) electrons. The van der Waals surface area contributed by atoms with E-state index < -0.39 is 0 Å². The molecule has 0 aliphatic rings. The third-order valence-electron chi connectivity index (χ3n) is 3.84. The summed E-state index contributed by atoms with van der Waals surface area (Å²) in [5.74, 6) is -0.792. The van der Waals surface area contributed by atoms with E-state index in [1.54, 1.807) is 36.4 Å². The van der Waals surface area contributed by atoms with Gasteiger partial charge in [-0.3, -0.25) is 9.59 Å². The van der Waals surface area contributed by atoms with Gasteiger partial charge < -0.3 is 16.0 Å². The quantitative estimate of drug-likeness (QED) is 0.808. The zero-order chi connectivity index (χ0) is 18.2. The minimum atomic E-state index is -0.321. The monoisotopic (exact) mass is 343 g/mol. The molecule has 6 heteroatoms. The second-order valence-corrected chi connectivity index (χ2v) is 5.62. The van der Waals surface area contributed by atoms with Crippen LogP contribution in [-0.4, -0.2) is 29.8 Å². The van der Waals surface area contributed by atoms with Gasteiger partial charge in [0.25, 0.3) is 5.91 Å². The molecule has 0 saturated heterocycles. The normalized spacial score (nSPS) is 10.4. The Morgan fingerprint density at radius 2 is 1.64 bits per heavy atom. The zero-order valence-electron chi connectivity index (χ0n) is 14.2. The van der Waals surface area contributed by atoms with Crippen LogP contribution < -0.4 is 11.1 Å². The standard InChI is InChI=1S/C19H22FN3O2/c1-2-23(19(25)16-7-3-14(11-21)4-8-16)13-18(24)22-12-15-5-9-17(20)10-6-15/h3-10H,2,11-13,21H2,1H3,(H,22,24). The Morgan fingerprint density at radius 1 is 1.04 bits per heavy atom. The van der Waals surface area contributed by atoms with Gasteiger partial charge in [-0.2, -0.15) is 0 Å². The van der Waals surface area contributed by atoms with Gasteiger partial charge >= 0.3 is 0 Å². The Labute approximate surface area is 146 Å². The van der Waals surface area contributed by atoms with Gasteiger partial charge in [0.2, 0.25) is 5.91 Å². The molecule has 0 bridgehead atoms. The van der Waals surface area contributed by atoms with Crippen molar-refractivity contribution in [1.82, 2.24) is 10.2 Å². The van der Waals surface area contributed by atoms with Gasteiger partial charge in [0, 0.05) is 25.2 Å². The number of amides is 2. The molecule has 2 aromatic carbocycles. The van der Waals surface area contributed by atoms with Gasteiger partial charge in [0.15, 0.2) is 0 Å². The first-order valence-corrected chi connectivity index (χ1v) is 8.13. The first kappa shape index (κ1) is 18.6. The number of carbonyl (C=O) groups is 2. The molecular weight excluding hydrogens is 321 g/mol. The molecular formula is C19H22FN3O2. The van der Waals surface area contributed by atoms with Gasteiger partial charge in [-0.05, 0) is 42.3 Å². The minimum Gasteiger partial charge on any atom is -0.350 e. The average Bonchev–Trinajstić information content (AvgIpc) is 2.65. The summed E-state index contributed by atoms with van der Waals surface area (Å²) < 4.78 is 12.9. The molecule has 0 fully saturated rings. The van der Waals surface area contributed by atoms with Crippen LogP contribution in [0.15, 0.2) is 48.5 Å². The van der Waals surface area contributed by atoms with Crippen molar-refractivity contribution in [2.75, 3.05) is 13.1 Å². The first-order valence-electron chi connectivity index (χ1n) is 8.13. The van der Waals surface area contributed by atoms with E-state index in [0.717, 1.165) is 11.1 Å². The number of nitrogens with zero attached hydrogens (tertiary/aromatic N) is 1. The second kappa shape index (κ2) is 8.94. The smallest absolute Gasteiger partial charge is 0.254 e. The number of nitrogens with one attached hydrogen (secondary N) is 1. The Balaban J connectivity index is 1.91. The van der Waals surface area contributed by atoms with Gasteiger partial charge in [0.05, 0.1) is 6.54 Å². The van der Waals surface area contributed by atoms with Crippen molar-refractivity contribution in [3.63, 3.8) is 0 Å². The molecule has 132 valence electrons. The summed E-state index contributed by atoms with van der Waals surface area (Å²) >= 11 is 0. The number of hydrogen-bond donors (Lipinski definition) is 2. The summed E-state index contributed by atoms with van der Waals surface area (Å²) in [6, 6.07) is 12.9. The zero-order valence-corrected chi connectivity index (χ0v) is 14.2. The topological polar surface area (TPSA) is 75.4 Å². The van der Waals surface area contributed by atoms with Gasteiger partial charge in [0.1, 0.15) is 5.82 Å². The Hall–Kier alpha value is -2.73. The number of carbonyl (C=O) groups excluding carboxylic acids is 2. The second-order valence-electron chi connectivity index (χ2n) is 5.62. The first-order chi connectivity index (χ1) is 12.0. The highest BCUT2D eigenvalue weighted by Gasteiger charge is 2.17. The molecule has 0 unspecified atom stereocenters. The molecule has 0 heterocycles. The third kappa shape index (κ3) is 5.39. The van der Waals surface area contributed by atoms with Crippen LogP contribution in [-0.2, 0) is 17.9 Å². The summed E-state index contributed by atoms with van der Waals surface area (Å²) in [6.07, 6.45) is 0. The molecule has 25 heavy (non-hydrogen) atoms. The van der Waals surface area contributed by atoms with Crippen molar-refractivity contribution in [3.05, 3.63) is 71.0 Å². The highest BCUT2D eigenvalue weighted by molar-refractivity contribution is 5.96. The molecule has 2 rings (SSSR count). The largest absolute Gasteiger partial charge is 0.350 e. The van der Waals surface area contributed by atoms with Crippen LogP contribution >= 0.6 is 0 Å². The predicted octanol–water partition coefficient (Wildman–Crippen LogP) is 2.06. The number of benzene rings is 2. The van der Waals surface area contributed by atoms with Gasteiger partial charge in [-0.15, -0.1) is 0 Å². The maximum atomic E-state index is 12.9. The maximum absolute atomic E-state index is 12.9. The van der Waals surface area contributed by atoms with Gasteiger partial charge in [-0.1, -0.05) is 24.3 Å². The highest BCUT2D eigenvalue weighted by atomic mass is 19.1. The molecule has 0 aliphatic heterocycles. The van der Waals surface area contributed by atoms with Crippen LogP contribution in [0.25, 0.3) is 0 Å². The third-order valence-corrected chi connectivity index (χ3v) is 3.84. The van der Waals surface area contributed by atoms with Crippen molar-refractivity contribution in [2.24, 2.45) is 5.73 Å². The van der Waals surface area contributed by atoms with Crippen LogP contribution in [0.4, 0.5) is 4.39 Å². The molecule has 0 atom stereocenters. The van der Waals surface area contributed by atoms with E-state index in [4.69, 9.17) is 5.73 Å². The van der Waals surface area contributed by atoms with Crippen molar-refractivity contribution in [2.45, 2.75) is 20.0 Å². The van der Waals surface area contributed by atoms with Crippen LogP contribution in [0.1, 0.15) is 28.4 Å². The maximum Gasteiger partial charge on any atom is 0.254 e. The predicted molar refractivity (Wildman–Crippen MR) is 94.2 cm³/mol. The number of rotatable bonds is 7. The molecule has 0 aromatic heterocycles. The molecule has 0 spiro atoms. The van der Waals surface area contributed by atoms with E-state index in [-0.39, 0.29) is 30.7 Å². The van der Waals surface area contributed by atoms with Gasteiger partial charge in [-0.25, -0.2) is 4.39 Å². The molecule has 3 N–H and O–H groups in total. The molecule has 5 nitrogen and oxygen atoms in total. The number of likely N-dealkylation sites (N-methyl/N-ethyl adjacent to an activating group) is 1. The Morgan fingerprint density at radius 3 is 2.20 bits per heavy atom. The molecule has 2 aromatic rings. The van der Waals surface area contributed by atoms with E-state index in [1.807, 2.05) is 6.92 Å². The summed E-state index contributed by atoms with van der Waals surface area (Å²) in [6.45, 7) is 2.91. The van der Waals surface area contributed by atoms with Crippen LogP contribution in [0.2, 0.25) is 0 Å². The van der Waals surface area contributed by atoms with E-state index in [0.29, 0.717) is 18.7 Å². The van der Waals surface area contributed by atoms with Crippen molar-refractivity contribution in [1.29, 1.82) is 0 Å². The summed E-state index contributed by atoms with van der Waals surface area (Å²) in [4.78, 5) is 26.1. The lowest BCUT2D eigenvalue weighted by molar-refractivity contribution is -0.121. The fourth-order valence-electron chi connectivity index (χ4n) is 2.33. The fourth-order valence-corrected chi connectivity index (χ4v) is 2.33. The van der Waals surface area contributed by atoms with E-state index in [1.165, 1.54) is 17.0 Å². The summed E-state index contributed by atoms with van der Waals surface area (Å²) in [7, 11) is 0. The van der Waals surface area contributed by atoms with Crippen molar-refractivity contribution >= 4 is 11.8 Å². The highest BCUT2D eigenvalue weighted by Crippen LogP contribution is 2.08. The van der Waals surface area contributed by atoms with E-state index in [2.05, 4.69) is 5.32 Å². The summed E-state index contributed by atoms with van der Waals surface area (Å²) in [5, 5.41) is 2.74. The lowest BCUT2D eigenvalue weighted by atomic mass is 10.1. The van der Waals surface area contributed by atoms with Crippen molar-refractivity contribution in [3.8, 4) is 0 Å². The van der Waals surface area contributed by atoms with E-state index in [9.17, 15) is 14.0 Å². The van der Waals surface area contributed by atoms with Crippen LogP contribution in [0, 0.1) is 5.82 Å². The summed E-state index contributed by atoms with van der Waals surface area (Å²) in [5.41, 5.74) is 7.80. The Bertz CT molecular complexity index is 714. The minimum absolute atomic E-state index is 0.0326. The lowest BCUT2D eigenvalue weighted by Gasteiger charge is -2.20. The van der Waals surface area contributed by atoms with E-state index >= 15 is 0 Å². The molecule has 2 amide bonds. The van der Waals surface area contributed by atoms with Crippen LogP contribution in [0.5, 0.6) is 0 Å². The average molecular weight is 343 g/mol.